The van der Waals surface area contributed by atoms with Crippen LogP contribution in [0, 0.1) is 0 Å². The molecule has 0 aliphatic rings. The van der Waals surface area contributed by atoms with Crippen molar-refractivity contribution < 1.29 is 33.7 Å². The van der Waals surface area contributed by atoms with Crippen molar-refractivity contribution in [2.24, 2.45) is 0 Å². The maximum atomic E-state index is 12.2. The lowest BCUT2D eigenvalue weighted by Crippen LogP contribution is -2.42. The van der Waals surface area contributed by atoms with Gasteiger partial charge in [-0.2, -0.15) is 0 Å². The summed E-state index contributed by atoms with van der Waals surface area (Å²) in [7, 11) is 0. The van der Waals surface area contributed by atoms with Gasteiger partial charge in [-0.05, 0) is 80.0 Å². The molecule has 9 nitrogen and oxygen atoms in total. The van der Waals surface area contributed by atoms with Gasteiger partial charge in [0.1, 0.15) is 24.0 Å². The highest BCUT2D eigenvalue weighted by atomic mass is 16.6. The van der Waals surface area contributed by atoms with Crippen molar-refractivity contribution in [1.29, 1.82) is 0 Å². The van der Waals surface area contributed by atoms with E-state index in [4.69, 9.17) is 14.2 Å². The number of ether oxygens (including phenoxy) is 3. The first-order valence-electron chi connectivity index (χ1n) is 14.6. The van der Waals surface area contributed by atoms with E-state index >= 15 is 0 Å². The summed E-state index contributed by atoms with van der Waals surface area (Å²) in [6.45, 7) is 8.69. The Balaban J connectivity index is 1.50. The van der Waals surface area contributed by atoms with Crippen LogP contribution in [0.2, 0.25) is 0 Å². The highest BCUT2D eigenvalue weighted by Crippen LogP contribution is 2.28. The third-order valence-electron chi connectivity index (χ3n) is 6.47. The van der Waals surface area contributed by atoms with Crippen LogP contribution in [0.15, 0.2) is 72.8 Å². The Morgan fingerprint density at radius 2 is 1.60 bits per heavy atom. The topological polar surface area (TPSA) is 123 Å². The van der Waals surface area contributed by atoms with Gasteiger partial charge in [0.2, 0.25) is 0 Å². The van der Waals surface area contributed by atoms with Gasteiger partial charge in [-0.3, -0.25) is 0 Å². The molecular formula is C34H42N2O7. The Morgan fingerprint density at radius 1 is 0.884 bits per heavy atom. The van der Waals surface area contributed by atoms with E-state index < -0.39 is 29.8 Å². The van der Waals surface area contributed by atoms with Crippen molar-refractivity contribution in [2.75, 3.05) is 13.2 Å². The zero-order valence-corrected chi connectivity index (χ0v) is 25.4. The second kappa shape index (κ2) is 16.2. The molecule has 0 bridgehead atoms. The van der Waals surface area contributed by atoms with Gasteiger partial charge < -0.3 is 30.0 Å². The van der Waals surface area contributed by atoms with Crippen LogP contribution >= 0.6 is 0 Å². The van der Waals surface area contributed by atoms with Crippen LogP contribution in [-0.2, 0) is 33.7 Å². The number of carbonyl (C=O) groups excluding carboxylic acids is 2. The van der Waals surface area contributed by atoms with Gasteiger partial charge >= 0.3 is 18.2 Å². The third kappa shape index (κ3) is 11.7. The molecule has 230 valence electrons. The smallest absolute Gasteiger partial charge is 0.408 e. The van der Waals surface area contributed by atoms with Gasteiger partial charge in [-0.1, -0.05) is 67.6 Å². The van der Waals surface area contributed by atoms with Gasteiger partial charge in [-0.25, -0.2) is 14.4 Å². The lowest BCUT2D eigenvalue weighted by molar-refractivity contribution is -0.139. The van der Waals surface area contributed by atoms with Gasteiger partial charge in [0, 0.05) is 13.0 Å². The number of nitrogens with one attached hydrogen (secondary N) is 2. The first kappa shape index (κ1) is 33.0. The van der Waals surface area contributed by atoms with E-state index in [0.717, 1.165) is 52.8 Å². The summed E-state index contributed by atoms with van der Waals surface area (Å²) in [6, 6.07) is 21.7. The largest absolute Gasteiger partial charge is 0.494 e. The SMILES string of the molecule is CCc1cc(OCCCCNC(=O)OC(C)(C)C)ccc1-c1ccc(C[C@H](NC(=O)OCc2ccccc2)C(=O)O)cc1. The fourth-order valence-corrected chi connectivity index (χ4v) is 4.32. The van der Waals surface area contributed by atoms with Crippen LogP contribution in [0.25, 0.3) is 11.1 Å². The van der Waals surface area contributed by atoms with Crippen molar-refractivity contribution in [1.82, 2.24) is 10.6 Å². The molecule has 0 aromatic heterocycles. The lowest BCUT2D eigenvalue weighted by Gasteiger charge is -2.19. The van der Waals surface area contributed by atoms with Crippen LogP contribution in [-0.4, -0.2) is 48.1 Å². The summed E-state index contributed by atoms with van der Waals surface area (Å²) in [6.07, 6.45) is 1.30. The molecule has 0 spiro atoms. The fourth-order valence-electron chi connectivity index (χ4n) is 4.32. The number of aliphatic carboxylic acids is 1. The third-order valence-corrected chi connectivity index (χ3v) is 6.47. The normalized spacial score (nSPS) is 11.7. The first-order valence-corrected chi connectivity index (χ1v) is 14.6. The summed E-state index contributed by atoms with van der Waals surface area (Å²) in [5, 5.41) is 14.9. The summed E-state index contributed by atoms with van der Waals surface area (Å²) in [4.78, 5) is 35.7. The van der Waals surface area contributed by atoms with Crippen molar-refractivity contribution >= 4 is 18.2 Å². The van der Waals surface area contributed by atoms with E-state index in [1.165, 1.54) is 0 Å². The van der Waals surface area contributed by atoms with Crippen LogP contribution in [0.1, 0.15) is 57.2 Å². The number of amides is 2. The maximum absolute atomic E-state index is 12.2. The molecule has 43 heavy (non-hydrogen) atoms. The number of carbonyl (C=O) groups is 3. The number of unbranched alkanes of at least 4 members (excludes halogenated alkanes) is 1. The second-order valence-corrected chi connectivity index (χ2v) is 11.2. The molecule has 3 aromatic carbocycles. The average molecular weight is 591 g/mol. The number of aryl methyl sites for hydroxylation is 1. The minimum Gasteiger partial charge on any atom is -0.494 e. The molecule has 0 saturated heterocycles. The van der Waals surface area contributed by atoms with Gasteiger partial charge in [0.05, 0.1) is 6.61 Å². The molecular weight excluding hydrogens is 548 g/mol. The first-order chi connectivity index (χ1) is 20.5. The Kier molecular flexibility index (Phi) is 12.4. The molecule has 3 rings (SSSR count). The minimum atomic E-state index is -1.14. The number of benzene rings is 3. The van der Waals surface area contributed by atoms with Crippen molar-refractivity contribution in [2.45, 2.75) is 71.6 Å². The summed E-state index contributed by atoms with van der Waals surface area (Å²) < 4.78 is 16.4. The van der Waals surface area contributed by atoms with E-state index in [1.807, 2.05) is 93.6 Å². The molecule has 3 aromatic rings. The molecule has 0 aliphatic carbocycles. The lowest BCUT2D eigenvalue weighted by atomic mass is 9.96. The zero-order chi connectivity index (χ0) is 31.2. The van der Waals surface area contributed by atoms with Crippen LogP contribution in [0.4, 0.5) is 9.59 Å². The fraction of sp³-hybridized carbons (Fsp3) is 0.382. The Labute approximate surface area is 253 Å². The zero-order valence-electron chi connectivity index (χ0n) is 25.4. The monoisotopic (exact) mass is 590 g/mol. The maximum Gasteiger partial charge on any atom is 0.408 e. The molecule has 0 unspecified atom stereocenters. The number of carboxylic acid groups (broad SMARTS) is 1. The summed E-state index contributed by atoms with van der Waals surface area (Å²) in [5.41, 5.74) is 4.28. The molecule has 9 heteroatoms. The van der Waals surface area contributed by atoms with Gasteiger partial charge in [0.25, 0.3) is 0 Å². The minimum absolute atomic E-state index is 0.0602. The van der Waals surface area contributed by atoms with Crippen molar-refractivity contribution in [3.63, 3.8) is 0 Å². The van der Waals surface area contributed by atoms with E-state index in [1.54, 1.807) is 0 Å². The summed E-state index contributed by atoms with van der Waals surface area (Å²) in [5.74, 6) is -0.351. The highest BCUT2D eigenvalue weighted by molar-refractivity contribution is 5.80. The molecule has 0 fully saturated rings. The Bertz CT molecular complexity index is 1340. The second-order valence-electron chi connectivity index (χ2n) is 11.2. The average Bonchev–Trinajstić information content (AvgIpc) is 2.97. The van der Waals surface area contributed by atoms with E-state index in [2.05, 4.69) is 17.6 Å². The molecule has 0 saturated carbocycles. The number of alkyl carbamates (subject to hydrolysis) is 2. The highest BCUT2D eigenvalue weighted by Gasteiger charge is 2.21. The number of carboxylic acids is 1. The van der Waals surface area contributed by atoms with E-state index in [0.29, 0.717) is 13.2 Å². The predicted octanol–water partition coefficient (Wildman–Crippen LogP) is 6.52. The Hall–Kier alpha value is -4.53. The Morgan fingerprint density at radius 3 is 2.26 bits per heavy atom. The van der Waals surface area contributed by atoms with Crippen LogP contribution < -0.4 is 15.4 Å². The number of hydrogen-bond acceptors (Lipinski definition) is 6. The number of hydrogen-bond donors (Lipinski definition) is 3. The molecule has 1 atom stereocenters. The standard InChI is InChI=1S/C34H42N2O7/c1-5-26-22-28(41-20-10-9-19-35-32(39)43-34(2,3)4)17-18-29(26)27-15-13-24(14-16-27)21-30(31(37)38)36-33(40)42-23-25-11-7-6-8-12-25/h6-8,11-18,22,30H,5,9-10,19-21,23H2,1-4H3,(H,35,39)(H,36,40)(H,37,38)/t30-/m0/s1. The molecule has 2 amide bonds. The molecule has 0 heterocycles. The van der Waals surface area contributed by atoms with E-state index in [9.17, 15) is 19.5 Å². The van der Waals surface area contributed by atoms with Crippen LogP contribution in [0.5, 0.6) is 5.75 Å². The van der Waals surface area contributed by atoms with Crippen molar-refractivity contribution in [3.05, 3.63) is 89.5 Å². The molecule has 0 aliphatic heterocycles. The van der Waals surface area contributed by atoms with E-state index in [-0.39, 0.29) is 13.0 Å². The molecule has 0 radical (unpaired) electrons. The van der Waals surface area contributed by atoms with Crippen LogP contribution in [0.3, 0.4) is 0 Å². The quantitative estimate of drug-likeness (QED) is 0.183. The summed E-state index contributed by atoms with van der Waals surface area (Å²) >= 11 is 0. The van der Waals surface area contributed by atoms with Gasteiger partial charge in [-0.15, -0.1) is 0 Å². The predicted molar refractivity (Wildman–Crippen MR) is 165 cm³/mol. The number of rotatable bonds is 14. The van der Waals surface area contributed by atoms with Gasteiger partial charge in [0.15, 0.2) is 0 Å². The molecule has 3 N–H and O–H groups in total. The van der Waals surface area contributed by atoms with Crippen molar-refractivity contribution in [3.8, 4) is 16.9 Å².